The number of aromatic nitrogens is 2. The zero-order valence-corrected chi connectivity index (χ0v) is 13.7. The lowest BCUT2D eigenvalue weighted by Gasteiger charge is -2.12. The highest BCUT2D eigenvalue weighted by molar-refractivity contribution is 5.99. The van der Waals surface area contributed by atoms with Crippen LogP contribution in [0.1, 0.15) is 11.3 Å². The summed E-state index contributed by atoms with van der Waals surface area (Å²) in [6.07, 6.45) is -4.47. The normalized spacial score (nSPS) is 11.2. The Kier molecular flexibility index (Phi) is 4.66. The van der Waals surface area contributed by atoms with Crippen molar-refractivity contribution in [1.82, 2.24) is 9.78 Å². The molecule has 3 aromatic rings. The summed E-state index contributed by atoms with van der Waals surface area (Å²) < 4.78 is 39.8. The van der Waals surface area contributed by atoms with Crippen LogP contribution in [0.4, 0.5) is 29.5 Å². The van der Waals surface area contributed by atoms with Crippen molar-refractivity contribution in [3.8, 4) is 5.69 Å². The number of carbonyl (C=O) groups excluding carboxylic acids is 1. The number of nitrogens with zero attached hydrogens (tertiary/aromatic N) is 2. The third kappa shape index (κ3) is 4.02. The summed E-state index contributed by atoms with van der Waals surface area (Å²) in [6.45, 7) is 1.77. The fourth-order valence-corrected chi connectivity index (χ4v) is 2.41. The van der Waals surface area contributed by atoms with E-state index in [0.29, 0.717) is 11.5 Å². The number of benzene rings is 2. The Morgan fingerprint density at radius 1 is 1.00 bits per heavy atom. The first-order valence-electron chi connectivity index (χ1n) is 7.70. The summed E-state index contributed by atoms with van der Waals surface area (Å²) in [5.74, 6) is 0.401. The molecule has 0 atom stereocenters. The summed E-state index contributed by atoms with van der Waals surface area (Å²) in [7, 11) is 0. The highest BCUT2D eigenvalue weighted by Crippen LogP contribution is 2.30. The summed E-state index contributed by atoms with van der Waals surface area (Å²) in [6, 6.07) is 14.6. The molecule has 0 aliphatic rings. The Morgan fingerprint density at radius 2 is 1.73 bits per heavy atom. The van der Waals surface area contributed by atoms with Crippen molar-refractivity contribution < 1.29 is 18.0 Å². The van der Waals surface area contributed by atoms with Gasteiger partial charge in [0, 0.05) is 11.8 Å². The van der Waals surface area contributed by atoms with E-state index in [1.165, 1.54) is 12.1 Å². The first-order chi connectivity index (χ1) is 12.3. The third-order valence-corrected chi connectivity index (χ3v) is 3.52. The second kappa shape index (κ2) is 6.91. The zero-order chi connectivity index (χ0) is 18.7. The van der Waals surface area contributed by atoms with Crippen LogP contribution in [0, 0.1) is 6.92 Å². The third-order valence-electron chi connectivity index (χ3n) is 3.52. The van der Waals surface area contributed by atoms with Gasteiger partial charge in [0.1, 0.15) is 5.82 Å². The molecule has 134 valence electrons. The first kappa shape index (κ1) is 17.5. The molecule has 5 nitrogen and oxygen atoms in total. The Balaban J connectivity index is 1.78. The molecule has 0 unspecified atom stereocenters. The number of hydrogen-bond acceptors (Lipinski definition) is 2. The van der Waals surface area contributed by atoms with Gasteiger partial charge >= 0.3 is 12.2 Å². The minimum Gasteiger partial charge on any atom is -0.308 e. The van der Waals surface area contributed by atoms with Crippen molar-refractivity contribution in [2.24, 2.45) is 0 Å². The minimum absolute atomic E-state index is 0.0415. The Hall–Kier alpha value is -3.29. The Bertz CT molecular complexity index is 920. The smallest absolute Gasteiger partial charge is 0.308 e. The van der Waals surface area contributed by atoms with E-state index in [-0.39, 0.29) is 5.69 Å². The SMILES string of the molecule is Cc1cc(NC(=O)Nc2cccc(C(F)(F)F)c2)n(-c2ccccc2)n1. The highest BCUT2D eigenvalue weighted by Gasteiger charge is 2.30. The van der Waals surface area contributed by atoms with Crippen LogP contribution >= 0.6 is 0 Å². The number of para-hydroxylation sites is 1. The summed E-state index contributed by atoms with van der Waals surface area (Å²) in [5, 5.41) is 9.32. The molecule has 0 bridgehead atoms. The maximum absolute atomic E-state index is 12.8. The van der Waals surface area contributed by atoms with Crippen molar-refractivity contribution in [1.29, 1.82) is 0 Å². The van der Waals surface area contributed by atoms with Gasteiger partial charge in [0.25, 0.3) is 0 Å². The zero-order valence-electron chi connectivity index (χ0n) is 13.7. The fraction of sp³-hybridized carbons (Fsp3) is 0.111. The van der Waals surface area contributed by atoms with Crippen LogP contribution in [0.15, 0.2) is 60.7 Å². The number of hydrogen-bond donors (Lipinski definition) is 2. The lowest BCUT2D eigenvalue weighted by atomic mass is 10.2. The Morgan fingerprint density at radius 3 is 2.42 bits per heavy atom. The van der Waals surface area contributed by atoms with Crippen molar-refractivity contribution in [2.45, 2.75) is 13.1 Å². The molecular formula is C18H15F3N4O. The first-order valence-corrected chi connectivity index (χ1v) is 7.70. The van der Waals surface area contributed by atoms with Crippen LogP contribution < -0.4 is 10.6 Å². The van der Waals surface area contributed by atoms with E-state index < -0.39 is 17.8 Å². The van der Waals surface area contributed by atoms with Crippen LogP contribution in [0.25, 0.3) is 5.69 Å². The second-order valence-electron chi connectivity index (χ2n) is 5.58. The lowest BCUT2D eigenvalue weighted by Crippen LogP contribution is -2.21. The average Bonchev–Trinajstić information content (AvgIpc) is 2.95. The van der Waals surface area contributed by atoms with Crippen LogP contribution in [0.5, 0.6) is 0 Å². The van der Waals surface area contributed by atoms with Gasteiger partial charge in [-0.1, -0.05) is 24.3 Å². The number of alkyl halides is 3. The number of carbonyl (C=O) groups is 1. The summed E-state index contributed by atoms with van der Waals surface area (Å²) >= 11 is 0. The van der Waals surface area contributed by atoms with Crippen molar-refractivity contribution >= 4 is 17.5 Å². The van der Waals surface area contributed by atoms with Gasteiger partial charge in [-0.3, -0.25) is 5.32 Å². The van der Waals surface area contributed by atoms with Gasteiger partial charge in [-0.25, -0.2) is 9.48 Å². The molecule has 26 heavy (non-hydrogen) atoms. The monoisotopic (exact) mass is 360 g/mol. The number of urea groups is 1. The van der Waals surface area contributed by atoms with Crippen LogP contribution in [0.2, 0.25) is 0 Å². The largest absolute Gasteiger partial charge is 0.416 e. The highest BCUT2D eigenvalue weighted by atomic mass is 19.4. The average molecular weight is 360 g/mol. The predicted molar refractivity (Wildman–Crippen MR) is 92.4 cm³/mol. The van der Waals surface area contributed by atoms with E-state index in [4.69, 9.17) is 0 Å². The summed E-state index contributed by atoms with van der Waals surface area (Å²) in [4.78, 5) is 12.2. The molecule has 1 aromatic heterocycles. The van der Waals surface area contributed by atoms with Crippen molar-refractivity contribution in [2.75, 3.05) is 10.6 Å². The van der Waals surface area contributed by atoms with Crippen molar-refractivity contribution in [3.05, 3.63) is 71.9 Å². The van der Waals surface area contributed by atoms with Gasteiger partial charge in [-0.05, 0) is 37.3 Å². The van der Waals surface area contributed by atoms with E-state index in [2.05, 4.69) is 15.7 Å². The van der Waals surface area contributed by atoms with Gasteiger partial charge in [0.05, 0.1) is 16.9 Å². The standard InChI is InChI=1S/C18H15F3N4O/c1-12-10-16(25(24-12)15-8-3-2-4-9-15)23-17(26)22-14-7-5-6-13(11-14)18(19,20)21/h2-11H,1H3,(H2,22,23,26). The topological polar surface area (TPSA) is 59.0 Å². The molecule has 8 heteroatoms. The molecule has 0 saturated carbocycles. The van der Waals surface area contributed by atoms with Crippen LogP contribution in [-0.4, -0.2) is 15.8 Å². The van der Waals surface area contributed by atoms with E-state index in [1.807, 2.05) is 30.3 Å². The number of nitrogens with one attached hydrogen (secondary N) is 2. The summed E-state index contributed by atoms with van der Waals surface area (Å²) in [5.41, 5.74) is 0.637. The molecule has 2 amide bonds. The van der Waals surface area contributed by atoms with E-state index in [1.54, 1.807) is 17.7 Å². The molecule has 0 fully saturated rings. The molecular weight excluding hydrogens is 345 g/mol. The molecule has 3 rings (SSSR count). The number of amides is 2. The maximum Gasteiger partial charge on any atom is 0.416 e. The minimum atomic E-state index is -4.47. The Labute approximate surface area is 147 Å². The van der Waals surface area contributed by atoms with Gasteiger partial charge in [-0.15, -0.1) is 0 Å². The van der Waals surface area contributed by atoms with Gasteiger partial charge in [0.2, 0.25) is 0 Å². The van der Waals surface area contributed by atoms with E-state index >= 15 is 0 Å². The molecule has 0 aliphatic heterocycles. The van der Waals surface area contributed by atoms with Gasteiger partial charge in [-0.2, -0.15) is 18.3 Å². The number of anilines is 2. The van der Waals surface area contributed by atoms with E-state index in [0.717, 1.165) is 17.8 Å². The van der Waals surface area contributed by atoms with Gasteiger partial charge in [0.15, 0.2) is 0 Å². The van der Waals surface area contributed by atoms with E-state index in [9.17, 15) is 18.0 Å². The van der Waals surface area contributed by atoms with Crippen LogP contribution in [-0.2, 0) is 6.18 Å². The van der Waals surface area contributed by atoms with Crippen LogP contribution in [0.3, 0.4) is 0 Å². The molecule has 0 aliphatic carbocycles. The predicted octanol–water partition coefficient (Wildman–Crippen LogP) is 4.84. The van der Waals surface area contributed by atoms with Crippen molar-refractivity contribution in [3.63, 3.8) is 0 Å². The molecule has 2 N–H and O–H groups in total. The quantitative estimate of drug-likeness (QED) is 0.702. The molecule has 1 heterocycles. The molecule has 0 radical (unpaired) electrons. The number of halogens is 3. The molecule has 0 spiro atoms. The molecule has 2 aromatic carbocycles. The lowest BCUT2D eigenvalue weighted by molar-refractivity contribution is -0.137. The fourth-order valence-electron chi connectivity index (χ4n) is 2.41. The number of aryl methyl sites for hydroxylation is 1. The second-order valence-corrected chi connectivity index (χ2v) is 5.58. The maximum atomic E-state index is 12.8. The molecule has 0 saturated heterocycles. The number of rotatable bonds is 3. The van der Waals surface area contributed by atoms with Gasteiger partial charge < -0.3 is 5.32 Å².